The Kier molecular flexibility index (Phi) is 3.87. The molecule has 4 rings (SSSR count). The summed E-state index contributed by atoms with van der Waals surface area (Å²) in [5.41, 5.74) is 1.11. The fraction of sp³-hybridized carbons (Fsp3) is 0.263. The molecule has 1 aliphatic heterocycles. The van der Waals surface area contributed by atoms with Crippen LogP contribution in [-0.4, -0.2) is 24.9 Å². The van der Waals surface area contributed by atoms with Crippen molar-refractivity contribution in [1.82, 2.24) is 0 Å². The molecular weight excluding hydrogens is 325 g/mol. The maximum absolute atomic E-state index is 13.0. The molecule has 5 nitrogen and oxygen atoms in total. The van der Waals surface area contributed by atoms with E-state index in [-0.39, 0.29) is 11.7 Å². The molecule has 1 heterocycles. The summed E-state index contributed by atoms with van der Waals surface area (Å²) in [7, 11) is 0. The van der Waals surface area contributed by atoms with Gasteiger partial charge in [0.2, 0.25) is 0 Å². The fourth-order valence-corrected chi connectivity index (χ4v) is 2.76. The molecule has 2 aromatic carbocycles. The smallest absolute Gasteiger partial charge is 0.255 e. The second-order valence-corrected chi connectivity index (χ2v) is 6.14. The van der Waals surface area contributed by atoms with E-state index >= 15 is 0 Å². The van der Waals surface area contributed by atoms with Gasteiger partial charge in [-0.3, -0.25) is 9.59 Å². The Morgan fingerprint density at radius 3 is 2.28 bits per heavy atom. The van der Waals surface area contributed by atoms with Crippen LogP contribution in [-0.2, 0) is 0 Å². The number of nitrogens with one attached hydrogen (secondary N) is 1. The van der Waals surface area contributed by atoms with Crippen LogP contribution in [0.1, 0.15) is 33.6 Å². The first-order valence-electron chi connectivity index (χ1n) is 8.16. The van der Waals surface area contributed by atoms with E-state index in [1.54, 1.807) is 12.1 Å². The van der Waals surface area contributed by atoms with E-state index in [4.69, 9.17) is 9.47 Å². The van der Waals surface area contributed by atoms with Crippen LogP contribution in [0.2, 0.25) is 0 Å². The minimum Gasteiger partial charge on any atom is -0.486 e. The van der Waals surface area contributed by atoms with Crippen LogP contribution in [0.4, 0.5) is 10.1 Å². The predicted octanol–water partition coefficient (Wildman–Crippen LogP) is 3.44. The molecular formula is C19H16FNO4. The van der Waals surface area contributed by atoms with E-state index in [9.17, 15) is 14.0 Å². The Labute approximate surface area is 143 Å². The molecule has 1 saturated carbocycles. The summed E-state index contributed by atoms with van der Waals surface area (Å²) >= 11 is 0. The molecule has 1 amide bonds. The van der Waals surface area contributed by atoms with Crippen molar-refractivity contribution in [3.05, 3.63) is 53.3 Å². The molecule has 128 valence electrons. The zero-order chi connectivity index (χ0) is 17.4. The number of halogens is 1. The van der Waals surface area contributed by atoms with Crippen molar-refractivity contribution >= 4 is 17.4 Å². The lowest BCUT2D eigenvalue weighted by atomic mass is 10.0. The lowest BCUT2D eigenvalue weighted by Gasteiger charge is -2.21. The summed E-state index contributed by atoms with van der Waals surface area (Å²) in [5, 5.41) is 2.74. The maximum atomic E-state index is 13.0. The van der Waals surface area contributed by atoms with Crippen molar-refractivity contribution in [3.63, 3.8) is 0 Å². The Bertz CT molecular complexity index is 843. The number of amides is 1. The normalized spacial score (nSPS) is 15.6. The molecule has 6 heteroatoms. The number of ether oxygens (including phenoxy) is 2. The zero-order valence-corrected chi connectivity index (χ0v) is 13.4. The van der Waals surface area contributed by atoms with Gasteiger partial charge >= 0.3 is 0 Å². The van der Waals surface area contributed by atoms with Gasteiger partial charge in [0, 0.05) is 23.1 Å². The molecule has 1 aliphatic carbocycles. The van der Waals surface area contributed by atoms with E-state index in [1.165, 1.54) is 24.3 Å². The third-order valence-electron chi connectivity index (χ3n) is 4.25. The summed E-state index contributed by atoms with van der Waals surface area (Å²) in [6, 6.07) is 8.47. The molecule has 0 unspecified atom stereocenters. The minimum atomic E-state index is -0.416. The molecule has 0 radical (unpaired) electrons. The van der Waals surface area contributed by atoms with Crippen LogP contribution < -0.4 is 14.8 Å². The molecule has 1 fully saturated rings. The van der Waals surface area contributed by atoms with Crippen LogP contribution in [0.5, 0.6) is 11.5 Å². The highest BCUT2D eigenvalue weighted by atomic mass is 19.1. The van der Waals surface area contributed by atoms with Gasteiger partial charge in [0.25, 0.3) is 5.91 Å². The summed E-state index contributed by atoms with van der Waals surface area (Å²) in [5.74, 6) is 0.167. The summed E-state index contributed by atoms with van der Waals surface area (Å²) in [4.78, 5) is 25.0. The Hall–Kier alpha value is -2.89. The lowest BCUT2D eigenvalue weighted by Crippen LogP contribution is -2.19. The molecule has 0 saturated heterocycles. The average Bonchev–Trinajstić information content (AvgIpc) is 3.46. The molecule has 1 N–H and O–H groups in total. The van der Waals surface area contributed by atoms with E-state index < -0.39 is 11.7 Å². The van der Waals surface area contributed by atoms with Crippen molar-refractivity contribution in [3.8, 4) is 11.5 Å². The summed E-state index contributed by atoms with van der Waals surface area (Å²) in [6.45, 7) is 0.833. The Morgan fingerprint density at radius 2 is 1.64 bits per heavy atom. The second-order valence-electron chi connectivity index (χ2n) is 6.14. The highest BCUT2D eigenvalue weighted by Crippen LogP contribution is 2.40. The van der Waals surface area contributed by atoms with Gasteiger partial charge in [-0.15, -0.1) is 0 Å². The van der Waals surface area contributed by atoms with Gasteiger partial charge in [-0.25, -0.2) is 4.39 Å². The molecule has 0 spiro atoms. The van der Waals surface area contributed by atoms with E-state index in [0.29, 0.717) is 41.5 Å². The number of carbonyl (C=O) groups is 2. The zero-order valence-electron chi connectivity index (χ0n) is 13.4. The van der Waals surface area contributed by atoms with Gasteiger partial charge in [-0.05, 0) is 43.2 Å². The molecule has 2 aliphatic rings. The van der Waals surface area contributed by atoms with Gasteiger partial charge in [-0.2, -0.15) is 0 Å². The second kappa shape index (κ2) is 6.20. The van der Waals surface area contributed by atoms with E-state index in [0.717, 1.165) is 12.8 Å². The van der Waals surface area contributed by atoms with Crippen molar-refractivity contribution in [2.45, 2.75) is 12.8 Å². The fourth-order valence-electron chi connectivity index (χ4n) is 2.76. The van der Waals surface area contributed by atoms with Crippen LogP contribution in [0.15, 0.2) is 36.4 Å². The first kappa shape index (κ1) is 15.6. The SMILES string of the molecule is O=C(Nc1cc2c(cc1C(=O)C1CC1)OCCO2)c1ccc(F)cc1. The molecule has 2 aromatic rings. The number of anilines is 1. The third kappa shape index (κ3) is 3.20. The first-order valence-corrected chi connectivity index (χ1v) is 8.16. The topological polar surface area (TPSA) is 64.6 Å². The van der Waals surface area contributed by atoms with Gasteiger partial charge in [0.05, 0.1) is 5.69 Å². The first-order chi connectivity index (χ1) is 12.1. The van der Waals surface area contributed by atoms with E-state index in [2.05, 4.69) is 5.32 Å². The number of hydrogen-bond donors (Lipinski definition) is 1. The van der Waals surface area contributed by atoms with Crippen LogP contribution >= 0.6 is 0 Å². The summed E-state index contributed by atoms with van der Waals surface area (Å²) in [6.07, 6.45) is 1.72. The minimum absolute atomic E-state index is 0.00373. The molecule has 25 heavy (non-hydrogen) atoms. The quantitative estimate of drug-likeness (QED) is 0.865. The van der Waals surface area contributed by atoms with Crippen molar-refractivity contribution in [2.75, 3.05) is 18.5 Å². The largest absolute Gasteiger partial charge is 0.486 e. The maximum Gasteiger partial charge on any atom is 0.255 e. The molecule has 0 atom stereocenters. The number of carbonyl (C=O) groups excluding carboxylic acids is 2. The van der Waals surface area contributed by atoms with Gasteiger partial charge < -0.3 is 14.8 Å². The standard InChI is InChI=1S/C19H16FNO4/c20-13-5-3-12(4-6-13)19(23)21-15-10-17-16(24-7-8-25-17)9-14(15)18(22)11-1-2-11/h3-6,9-11H,1-2,7-8H2,(H,21,23). The third-order valence-corrected chi connectivity index (χ3v) is 4.25. The van der Waals surface area contributed by atoms with Crippen LogP contribution in [0.3, 0.4) is 0 Å². The average molecular weight is 341 g/mol. The number of Topliss-reactive ketones (excluding diaryl/α,β-unsaturated/α-hetero) is 1. The molecule has 0 bridgehead atoms. The number of hydrogen-bond acceptors (Lipinski definition) is 4. The van der Waals surface area contributed by atoms with Gasteiger partial charge in [0.15, 0.2) is 17.3 Å². The predicted molar refractivity (Wildman–Crippen MR) is 88.8 cm³/mol. The van der Waals surface area contributed by atoms with Crippen LogP contribution in [0, 0.1) is 11.7 Å². The number of ketones is 1. The Balaban J connectivity index is 1.67. The van der Waals surface area contributed by atoms with Gasteiger partial charge in [0.1, 0.15) is 19.0 Å². The number of rotatable bonds is 4. The number of fused-ring (bicyclic) bond motifs is 1. The van der Waals surface area contributed by atoms with Crippen molar-refractivity contribution in [2.24, 2.45) is 5.92 Å². The monoisotopic (exact) mass is 341 g/mol. The number of benzene rings is 2. The Morgan fingerprint density at radius 1 is 1.00 bits per heavy atom. The highest BCUT2D eigenvalue weighted by molar-refractivity contribution is 6.11. The van der Waals surface area contributed by atoms with Crippen molar-refractivity contribution in [1.29, 1.82) is 0 Å². The van der Waals surface area contributed by atoms with Gasteiger partial charge in [-0.1, -0.05) is 0 Å². The van der Waals surface area contributed by atoms with Crippen LogP contribution in [0.25, 0.3) is 0 Å². The lowest BCUT2D eigenvalue weighted by molar-refractivity contribution is 0.0967. The van der Waals surface area contributed by atoms with Crippen molar-refractivity contribution < 1.29 is 23.5 Å². The van der Waals surface area contributed by atoms with E-state index in [1.807, 2.05) is 0 Å². The summed E-state index contributed by atoms with van der Waals surface area (Å²) < 4.78 is 24.1. The molecule has 0 aromatic heterocycles. The highest BCUT2D eigenvalue weighted by Gasteiger charge is 2.33.